The van der Waals surface area contributed by atoms with Crippen LogP contribution in [-0.4, -0.2) is 48.9 Å². The summed E-state index contributed by atoms with van der Waals surface area (Å²) in [5, 5.41) is 7.35. The van der Waals surface area contributed by atoms with Crippen molar-refractivity contribution in [3.8, 4) is 0 Å². The van der Waals surface area contributed by atoms with E-state index in [1.807, 2.05) is 11.0 Å². The fraction of sp³-hybridized carbons (Fsp3) is 0.565. The first kappa shape index (κ1) is 20.0. The van der Waals surface area contributed by atoms with Gasteiger partial charge in [-0.1, -0.05) is 0 Å². The molecule has 2 amide bonds. The lowest BCUT2D eigenvalue weighted by Gasteiger charge is -2.33. The van der Waals surface area contributed by atoms with Gasteiger partial charge in [0.15, 0.2) is 0 Å². The first-order chi connectivity index (χ1) is 14.0. The molecular weight excluding hydrogens is 366 g/mol. The molecule has 2 N–H and O–H groups in total. The third-order valence-corrected chi connectivity index (χ3v) is 6.43. The number of hydrogen-bond acceptors (Lipinski definition) is 4. The molecule has 1 aromatic carbocycles. The number of likely N-dealkylation sites (tertiary alicyclic amines) is 1. The van der Waals surface area contributed by atoms with E-state index in [1.165, 1.54) is 11.1 Å². The number of hydrogen-bond donors (Lipinski definition) is 2. The summed E-state index contributed by atoms with van der Waals surface area (Å²) in [6.07, 6.45) is 6.09. The van der Waals surface area contributed by atoms with Crippen LogP contribution in [-0.2, 0) is 16.0 Å². The third kappa shape index (κ3) is 4.47. The molecule has 6 heteroatoms. The lowest BCUT2D eigenvalue weighted by atomic mass is 9.97. The average molecular weight is 398 g/mol. The Hall–Kier alpha value is -2.34. The highest BCUT2D eigenvalue weighted by Gasteiger charge is 2.27. The minimum atomic E-state index is -0.0437. The molecule has 2 aliphatic rings. The van der Waals surface area contributed by atoms with Gasteiger partial charge in [-0.05, 0) is 75.3 Å². The van der Waals surface area contributed by atoms with Gasteiger partial charge in [-0.2, -0.15) is 0 Å². The van der Waals surface area contributed by atoms with Crippen molar-refractivity contribution >= 4 is 22.8 Å². The van der Waals surface area contributed by atoms with E-state index < -0.39 is 0 Å². The molecule has 29 heavy (non-hydrogen) atoms. The van der Waals surface area contributed by atoms with Crippen LogP contribution in [0.2, 0.25) is 0 Å². The summed E-state index contributed by atoms with van der Waals surface area (Å²) in [5.41, 5.74) is 4.20. The van der Waals surface area contributed by atoms with Gasteiger partial charge < -0.3 is 20.0 Å². The predicted octanol–water partition coefficient (Wildman–Crippen LogP) is 2.70. The number of piperidine rings is 1. The maximum atomic E-state index is 12.9. The summed E-state index contributed by atoms with van der Waals surface area (Å²) in [7, 11) is 0. The van der Waals surface area contributed by atoms with Gasteiger partial charge in [0.2, 0.25) is 11.8 Å². The highest BCUT2D eigenvalue weighted by molar-refractivity contribution is 5.88. The van der Waals surface area contributed by atoms with E-state index in [4.69, 9.17) is 4.42 Å². The van der Waals surface area contributed by atoms with E-state index in [-0.39, 0.29) is 17.9 Å². The highest BCUT2D eigenvalue weighted by atomic mass is 16.3. The molecule has 4 rings (SSSR count). The summed E-state index contributed by atoms with van der Waals surface area (Å²) in [4.78, 5) is 27.1. The first-order valence-electron chi connectivity index (χ1n) is 10.8. The Balaban J connectivity index is 1.34. The number of nitrogens with one attached hydrogen (secondary N) is 2. The molecule has 2 unspecified atom stereocenters. The molecule has 2 aliphatic heterocycles. The largest absolute Gasteiger partial charge is 0.464 e. The molecule has 0 saturated carbocycles. The van der Waals surface area contributed by atoms with Crippen molar-refractivity contribution in [3.63, 3.8) is 0 Å². The van der Waals surface area contributed by atoms with Gasteiger partial charge in [-0.25, -0.2) is 0 Å². The Kier molecular flexibility index (Phi) is 5.90. The molecular formula is C23H31N3O3. The SMILES string of the molecule is Cc1cc2occ(CC(=O)N3CCCC(CNC(=O)C4CCCN4)C3)c2cc1C. The van der Waals surface area contributed by atoms with Crippen molar-refractivity contribution in [2.24, 2.45) is 5.92 Å². The number of carbonyl (C=O) groups excluding carboxylic acids is 2. The van der Waals surface area contributed by atoms with Gasteiger partial charge >= 0.3 is 0 Å². The number of benzene rings is 1. The Labute approximate surface area is 172 Å². The Bertz CT molecular complexity index is 898. The lowest BCUT2D eigenvalue weighted by molar-refractivity contribution is -0.132. The number of furan rings is 1. The van der Waals surface area contributed by atoms with Gasteiger partial charge in [-0.3, -0.25) is 9.59 Å². The molecule has 0 radical (unpaired) electrons. The molecule has 0 bridgehead atoms. The number of carbonyl (C=O) groups is 2. The summed E-state index contributed by atoms with van der Waals surface area (Å²) in [6, 6.07) is 4.11. The minimum absolute atomic E-state index is 0.0437. The summed E-state index contributed by atoms with van der Waals surface area (Å²) in [6.45, 7) is 7.22. The van der Waals surface area contributed by atoms with E-state index in [0.29, 0.717) is 25.4 Å². The zero-order valence-electron chi connectivity index (χ0n) is 17.4. The van der Waals surface area contributed by atoms with Gasteiger partial charge in [0.1, 0.15) is 5.58 Å². The number of aryl methyl sites for hydroxylation is 2. The number of nitrogens with zero attached hydrogens (tertiary/aromatic N) is 1. The van der Waals surface area contributed by atoms with Crippen LogP contribution in [0.5, 0.6) is 0 Å². The standard InChI is InChI=1S/C23H31N3O3/c1-15-9-19-18(14-29-21(19)10-16(15)2)11-22(27)26-8-4-5-17(13-26)12-25-23(28)20-6-3-7-24-20/h9-10,14,17,20,24H,3-8,11-13H2,1-2H3,(H,25,28). The second-order valence-corrected chi connectivity index (χ2v) is 8.61. The summed E-state index contributed by atoms with van der Waals surface area (Å²) >= 11 is 0. The zero-order valence-corrected chi connectivity index (χ0v) is 17.4. The highest BCUT2D eigenvalue weighted by Crippen LogP contribution is 2.26. The van der Waals surface area contributed by atoms with Crippen LogP contribution in [0.3, 0.4) is 0 Å². The Morgan fingerprint density at radius 2 is 2.03 bits per heavy atom. The van der Waals surface area contributed by atoms with Crippen molar-refractivity contribution in [3.05, 3.63) is 35.1 Å². The summed E-state index contributed by atoms with van der Waals surface area (Å²) < 4.78 is 5.68. The quantitative estimate of drug-likeness (QED) is 0.814. The molecule has 2 saturated heterocycles. The number of fused-ring (bicyclic) bond motifs is 1. The van der Waals surface area contributed by atoms with Crippen molar-refractivity contribution < 1.29 is 14.0 Å². The second-order valence-electron chi connectivity index (χ2n) is 8.61. The number of rotatable bonds is 5. The van der Waals surface area contributed by atoms with Crippen LogP contribution in [0, 0.1) is 19.8 Å². The maximum Gasteiger partial charge on any atom is 0.237 e. The van der Waals surface area contributed by atoms with Crippen LogP contribution in [0.1, 0.15) is 42.4 Å². The van der Waals surface area contributed by atoms with Crippen LogP contribution in [0.15, 0.2) is 22.8 Å². The maximum absolute atomic E-state index is 12.9. The zero-order chi connectivity index (χ0) is 20.4. The molecule has 1 aromatic heterocycles. The van der Waals surface area contributed by atoms with Gasteiger partial charge in [0.05, 0.1) is 18.7 Å². The smallest absolute Gasteiger partial charge is 0.237 e. The predicted molar refractivity (Wildman–Crippen MR) is 113 cm³/mol. The van der Waals surface area contributed by atoms with Gasteiger partial charge in [0.25, 0.3) is 0 Å². The Morgan fingerprint density at radius 1 is 1.21 bits per heavy atom. The third-order valence-electron chi connectivity index (χ3n) is 6.43. The monoisotopic (exact) mass is 397 g/mol. The molecule has 6 nitrogen and oxygen atoms in total. The molecule has 0 spiro atoms. The molecule has 2 aromatic rings. The van der Waals surface area contributed by atoms with Crippen LogP contribution < -0.4 is 10.6 Å². The minimum Gasteiger partial charge on any atom is -0.464 e. The molecule has 0 aliphatic carbocycles. The average Bonchev–Trinajstić information content (AvgIpc) is 3.38. The normalized spacial score (nSPS) is 22.2. The van der Waals surface area contributed by atoms with Crippen molar-refractivity contribution in [1.29, 1.82) is 0 Å². The first-order valence-corrected chi connectivity index (χ1v) is 10.8. The Morgan fingerprint density at radius 3 is 2.83 bits per heavy atom. The molecule has 2 fully saturated rings. The van der Waals surface area contributed by atoms with E-state index in [0.717, 1.165) is 55.3 Å². The van der Waals surface area contributed by atoms with E-state index in [2.05, 4.69) is 30.5 Å². The van der Waals surface area contributed by atoms with Gasteiger partial charge in [0, 0.05) is 30.6 Å². The lowest BCUT2D eigenvalue weighted by Crippen LogP contribution is -2.47. The van der Waals surface area contributed by atoms with Crippen LogP contribution in [0.4, 0.5) is 0 Å². The van der Waals surface area contributed by atoms with Crippen LogP contribution >= 0.6 is 0 Å². The van der Waals surface area contributed by atoms with Crippen molar-refractivity contribution in [2.75, 3.05) is 26.2 Å². The molecule has 156 valence electrons. The van der Waals surface area contributed by atoms with E-state index >= 15 is 0 Å². The topological polar surface area (TPSA) is 74.6 Å². The van der Waals surface area contributed by atoms with Gasteiger partial charge in [-0.15, -0.1) is 0 Å². The second kappa shape index (κ2) is 8.57. The van der Waals surface area contributed by atoms with E-state index in [1.54, 1.807) is 6.26 Å². The number of amides is 2. The fourth-order valence-corrected chi connectivity index (χ4v) is 4.48. The van der Waals surface area contributed by atoms with Crippen LogP contribution in [0.25, 0.3) is 11.0 Å². The molecule has 2 atom stereocenters. The summed E-state index contributed by atoms with van der Waals surface area (Å²) in [5.74, 6) is 0.560. The van der Waals surface area contributed by atoms with Crippen molar-refractivity contribution in [1.82, 2.24) is 15.5 Å². The molecule has 3 heterocycles. The van der Waals surface area contributed by atoms with Crippen molar-refractivity contribution in [2.45, 2.75) is 52.0 Å². The van der Waals surface area contributed by atoms with E-state index in [9.17, 15) is 9.59 Å². The fourth-order valence-electron chi connectivity index (χ4n) is 4.48.